The molecule has 2 aromatic rings. The zero-order valence-corrected chi connectivity index (χ0v) is 12.8. The van der Waals surface area contributed by atoms with Gasteiger partial charge in [-0.3, -0.25) is 0 Å². The highest BCUT2D eigenvalue weighted by Crippen LogP contribution is 2.33. The molecule has 21 heavy (non-hydrogen) atoms. The normalized spacial score (nSPS) is 10.0. The summed E-state index contributed by atoms with van der Waals surface area (Å²) >= 11 is 3.22. The Morgan fingerprint density at radius 3 is 2.57 bits per heavy atom. The van der Waals surface area contributed by atoms with Crippen molar-refractivity contribution in [3.63, 3.8) is 0 Å². The number of hydrogen-bond acceptors (Lipinski definition) is 5. The molecule has 0 atom stereocenters. The minimum Gasteiger partial charge on any atom is -0.494 e. The monoisotopic (exact) mass is 349 g/mol. The zero-order chi connectivity index (χ0) is 15.2. The molecular weight excluding hydrogens is 338 g/mol. The summed E-state index contributed by atoms with van der Waals surface area (Å²) in [5.74, 6) is -0.290. The number of rotatable bonds is 5. The molecule has 0 heterocycles. The molecule has 0 aromatic heterocycles. The standard InChI is InChI=1S/C15H12BrNO4/c1-20-14-7-11(12(16)8-13(14)17-19)15(18)21-9-10-5-3-2-4-6-10/h2-8H,9H2,1H3. The van der Waals surface area contributed by atoms with Crippen molar-refractivity contribution >= 4 is 27.6 Å². The van der Waals surface area contributed by atoms with Crippen LogP contribution in [0.5, 0.6) is 5.75 Å². The van der Waals surface area contributed by atoms with Gasteiger partial charge < -0.3 is 9.47 Å². The van der Waals surface area contributed by atoms with E-state index < -0.39 is 5.97 Å². The molecule has 0 bridgehead atoms. The van der Waals surface area contributed by atoms with Gasteiger partial charge in [0.1, 0.15) is 12.4 Å². The smallest absolute Gasteiger partial charge is 0.339 e. The van der Waals surface area contributed by atoms with Crippen LogP contribution in [-0.2, 0) is 11.3 Å². The number of halogens is 1. The lowest BCUT2D eigenvalue weighted by atomic mass is 10.2. The van der Waals surface area contributed by atoms with Gasteiger partial charge in [0.2, 0.25) is 0 Å². The molecule has 0 aliphatic heterocycles. The van der Waals surface area contributed by atoms with Gasteiger partial charge in [0, 0.05) is 4.47 Å². The predicted octanol–water partition coefficient (Wildman–Crippen LogP) is 4.21. The fourth-order valence-corrected chi connectivity index (χ4v) is 2.23. The van der Waals surface area contributed by atoms with Crippen molar-refractivity contribution in [2.24, 2.45) is 5.18 Å². The molecule has 0 saturated heterocycles. The van der Waals surface area contributed by atoms with Crippen LogP contribution in [0.3, 0.4) is 0 Å². The van der Waals surface area contributed by atoms with E-state index in [2.05, 4.69) is 21.1 Å². The Labute approximate surface area is 130 Å². The van der Waals surface area contributed by atoms with Crippen LogP contribution >= 0.6 is 15.9 Å². The number of carbonyl (C=O) groups excluding carboxylic acids is 1. The first-order valence-electron chi connectivity index (χ1n) is 6.07. The molecule has 2 aromatic carbocycles. The number of nitrogens with zero attached hydrogens (tertiary/aromatic N) is 1. The van der Waals surface area contributed by atoms with Crippen LogP contribution in [0.4, 0.5) is 5.69 Å². The van der Waals surface area contributed by atoms with E-state index in [4.69, 9.17) is 9.47 Å². The summed E-state index contributed by atoms with van der Waals surface area (Å²) in [5.41, 5.74) is 1.28. The number of carbonyl (C=O) groups is 1. The molecule has 0 N–H and O–H groups in total. The van der Waals surface area contributed by atoms with Crippen molar-refractivity contribution in [2.75, 3.05) is 7.11 Å². The van der Waals surface area contributed by atoms with E-state index in [0.717, 1.165) is 5.56 Å². The van der Waals surface area contributed by atoms with Gasteiger partial charge in [-0.25, -0.2) is 4.79 Å². The Balaban J connectivity index is 2.17. The summed E-state index contributed by atoms with van der Waals surface area (Å²) in [4.78, 5) is 22.8. The number of benzene rings is 2. The molecule has 0 fully saturated rings. The number of nitroso groups, excluding NO2 is 1. The molecule has 0 radical (unpaired) electrons. The van der Waals surface area contributed by atoms with Gasteiger partial charge in [-0.2, -0.15) is 0 Å². The van der Waals surface area contributed by atoms with Gasteiger partial charge in [0.15, 0.2) is 5.69 Å². The van der Waals surface area contributed by atoms with Crippen LogP contribution in [0.2, 0.25) is 0 Å². The first-order valence-corrected chi connectivity index (χ1v) is 6.87. The predicted molar refractivity (Wildman–Crippen MR) is 81.7 cm³/mol. The first-order chi connectivity index (χ1) is 10.2. The Morgan fingerprint density at radius 1 is 1.24 bits per heavy atom. The van der Waals surface area contributed by atoms with Gasteiger partial charge >= 0.3 is 5.97 Å². The van der Waals surface area contributed by atoms with Crippen molar-refractivity contribution in [3.05, 3.63) is 63.0 Å². The van der Waals surface area contributed by atoms with Crippen LogP contribution in [0, 0.1) is 4.91 Å². The van der Waals surface area contributed by atoms with E-state index in [1.165, 1.54) is 19.2 Å². The summed E-state index contributed by atoms with van der Waals surface area (Å²) in [6, 6.07) is 12.2. The molecule has 5 nitrogen and oxygen atoms in total. The number of methoxy groups -OCH3 is 1. The van der Waals surface area contributed by atoms with Crippen LogP contribution in [0.25, 0.3) is 0 Å². The number of esters is 1. The second kappa shape index (κ2) is 6.99. The third-order valence-corrected chi connectivity index (χ3v) is 3.46. The van der Waals surface area contributed by atoms with Crippen LogP contribution in [-0.4, -0.2) is 13.1 Å². The first kappa shape index (κ1) is 15.2. The van der Waals surface area contributed by atoms with E-state index in [1.807, 2.05) is 30.3 Å². The Hall–Kier alpha value is -2.21. The fourth-order valence-electron chi connectivity index (χ4n) is 1.74. The summed E-state index contributed by atoms with van der Waals surface area (Å²) in [6.07, 6.45) is 0. The molecule has 0 aliphatic rings. The molecular formula is C15H12BrNO4. The van der Waals surface area contributed by atoms with E-state index in [0.29, 0.717) is 4.47 Å². The fraction of sp³-hybridized carbons (Fsp3) is 0.133. The molecule has 6 heteroatoms. The second-order valence-corrected chi connectivity index (χ2v) is 5.01. The van der Waals surface area contributed by atoms with Crippen LogP contribution < -0.4 is 4.74 Å². The highest BCUT2D eigenvalue weighted by atomic mass is 79.9. The topological polar surface area (TPSA) is 65.0 Å². The van der Waals surface area contributed by atoms with Gasteiger partial charge in [-0.05, 0) is 38.8 Å². The third kappa shape index (κ3) is 3.66. The Bertz CT molecular complexity index is 658. The average molecular weight is 350 g/mol. The maximum absolute atomic E-state index is 12.1. The molecule has 2 rings (SSSR count). The summed E-state index contributed by atoms with van der Waals surface area (Å²) in [6.45, 7) is 0.169. The lowest BCUT2D eigenvalue weighted by Crippen LogP contribution is -2.06. The quantitative estimate of drug-likeness (QED) is 0.598. The molecule has 0 aliphatic carbocycles. The van der Waals surface area contributed by atoms with Gasteiger partial charge in [-0.15, -0.1) is 4.91 Å². The Morgan fingerprint density at radius 2 is 1.95 bits per heavy atom. The van der Waals surface area contributed by atoms with Gasteiger partial charge in [0.05, 0.1) is 12.7 Å². The molecule has 0 saturated carbocycles. The van der Waals surface area contributed by atoms with Crippen LogP contribution in [0.15, 0.2) is 52.1 Å². The largest absolute Gasteiger partial charge is 0.494 e. The van der Waals surface area contributed by atoms with Crippen molar-refractivity contribution in [1.82, 2.24) is 0 Å². The lowest BCUT2D eigenvalue weighted by molar-refractivity contribution is 0.0471. The molecule has 0 unspecified atom stereocenters. The van der Waals surface area contributed by atoms with Crippen molar-refractivity contribution in [1.29, 1.82) is 0 Å². The SMILES string of the molecule is COc1cc(C(=O)OCc2ccccc2)c(Br)cc1N=O. The maximum Gasteiger partial charge on any atom is 0.339 e. The van der Waals surface area contributed by atoms with E-state index in [1.54, 1.807) is 0 Å². The molecule has 108 valence electrons. The van der Waals surface area contributed by atoms with Crippen molar-refractivity contribution in [3.8, 4) is 5.75 Å². The summed E-state index contributed by atoms with van der Waals surface area (Å²) < 4.78 is 10.7. The lowest BCUT2D eigenvalue weighted by Gasteiger charge is -2.09. The minimum absolute atomic E-state index is 0.115. The molecule has 0 amide bonds. The van der Waals surface area contributed by atoms with Crippen molar-refractivity contribution < 1.29 is 14.3 Å². The van der Waals surface area contributed by atoms with E-state index in [-0.39, 0.29) is 23.6 Å². The van der Waals surface area contributed by atoms with Gasteiger partial charge in [-0.1, -0.05) is 30.3 Å². The third-order valence-electron chi connectivity index (χ3n) is 2.80. The zero-order valence-electron chi connectivity index (χ0n) is 11.2. The highest BCUT2D eigenvalue weighted by molar-refractivity contribution is 9.10. The highest BCUT2D eigenvalue weighted by Gasteiger charge is 2.16. The van der Waals surface area contributed by atoms with E-state index in [9.17, 15) is 9.70 Å². The maximum atomic E-state index is 12.1. The minimum atomic E-state index is -0.513. The van der Waals surface area contributed by atoms with Crippen molar-refractivity contribution in [2.45, 2.75) is 6.61 Å². The van der Waals surface area contributed by atoms with Gasteiger partial charge in [0.25, 0.3) is 0 Å². The Kier molecular flexibility index (Phi) is 5.05. The molecule has 0 spiro atoms. The average Bonchev–Trinajstić information content (AvgIpc) is 2.53. The van der Waals surface area contributed by atoms with Crippen LogP contribution in [0.1, 0.15) is 15.9 Å². The second-order valence-electron chi connectivity index (χ2n) is 4.16. The summed E-state index contributed by atoms with van der Waals surface area (Å²) in [5, 5.41) is 2.84. The number of hydrogen-bond donors (Lipinski definition) is 0. The number of ether oxygens (including phenoxy) is 2. The summed E-state index contributed by atoms with van der Waals surface area (Å²) in [7, 11) is 1.40. The van der Waals surface area contributed by atoms with E-state index >= 15 is 0 Å².